The molecule has 0 aliphatic heterocycles. The third-order valence-electron chi connectivity index (χ3n) is 8.11. The Hall–Kier alpha value is -5.15. The van der Waals surface area contributed by atoms with Crippen LogP contribution in [-0.4, -0.2) is 18.4 Å². The predicted molar refractivity (Wildman–Crippen MR) is 172 cm³/mol. The average molecular weight is 653 g/mol. The molecule has 9 heteroatoms. The quantitative estimate of drug-likeness (QED) is 0.154. The summed E-state index contributed by atoms with van der Waals surface area (Å²) in [7, 11) is -4.51. The van der Waals surface area contributed by atoms with Crippen molar-refractivity contribution in [3.63, 3.8) is 0 Å². The number of rotatable bonds is 8. The smallest absolute Gasteiger partial charge is 0.212 e. The Labute approximate surface area is 270 Å². The van der Waals surface area contributed by atoms with Gasteiger partial charge in [-0.25, -0.2) is 26.0 Å². The molecule has 0 atom stereocenters. The number of benzene rings is 4. The van der Waals surface area contributed by atoms with Crippen LogP contribution in [-0.2, 0) is 21.7 Å². The van der Waals surface area contributed by atoms with Gasteiger partial charge in [-0.1, -0.05) is 60.7 Å². The van der Waals surface area contributed by atoms with E-state index >= 15 is 8.78 Å². The zero-order valence-corrected chi connectivity index (χ0v) is 26.2. The second-order valence-electron chi connectivity index (χ2n) is 11.5. The largest absolute Gasteiger partial charge is 0.252 e. The van der Waals surface area contributed by atoms with Gasteiger partial charge in [-0.05, 0) is 80.1 Å². The molecule has 0 amide bonds. The van der Waals surface area contributed by atoms with Crippen molar-refractivity contribution >= 4 is 9.84 Å². The Morgan fingerprint density at radius 2 is 1.09 bits per heavy atom. The number of hydrogen-bond acceptors (Lipinski definition) is 4. The standard InChI is InChI=1S/C38H28F4N2O2S/c1-38(2,33-17-9-15-31(43-33)26-19-21-29(39)28(35(26)41)23-24-11-5-3-6-12-24)34-18-10-16-32(44-34)27-20-22-30(40)37(36(27)42)47(45,46)25-13-7-4-8-14-25/h3-22H,23H2,1-2H3. The third-order valence-corrected chi connectivity index (χ3v) is 9.92. The fraction of sp³-hybridized carbons (Fsp3) is 0.105. The maximum atomic E-state index is 15.9. The summed E-state index contributed by atoms with van der Waals surface area (Å²) in [5.41, 5.74) is 1.05. The van der Waals surface area contributed by atoms with Gasteiger partial charge in [0, 0.05) is 28.5 Å². The zero-order chi connectivity index (χ0) is 33.3. The van der Waals surface area contributed by atoms with Crippen LogP contribution < -0.4 is 0 Å². The molecular weight excluding hydrogens is 624 g/mol. The van der Waals surface area contributed by atoms with Crippen LogP contribution >= 0.6 is 0 Å². The van der Waals surface area contributed by atoms with Crippen molar-refractivity contribution in [2.24, 2.45) is 0 Å². The van der Waals surface area contributed by atoms with Crippen LogP contribution in [0.3, 0.4) is 0 Å². The fourth-order valence-corrected chi connectivity index (χ4v) is 6.87. The van der Waals surface area contributed by atoms with Gasteiger partial charge in [0.2, 0.25) is 9.84 Å². The van der Waals surface area contributed by atoms with Gasteiger partial charge in [0.15, 0.2) is 5.82 Å². The maximum absolute atomic E-state index is 15.9. The van der Waals surface area contributed by atoms with E-state index < -0.39 is 43.4 Å². The van der Waals surface area contributed by atoms with Gasteiger partial charge in [0.05, 0.1) is 27.7 Å². The van der Waals surface area contributed by atoms with E-state index in [4.69, 9.17) is 4.98 Å². The molecule has 0 aliphatic carbocycles. The van der Waals surface area contributed by atoms with Gasteiger partial charge >= 0.3 is 0 Å². The van der Waals surface area contributed by atoms with Crippen LogP contribution in [0.1, 0.15) is 36.4 Å². The maximum Gasteiger partial charge on any atom is 0.212 e. The summed E-state index contributed by atoms with van der Waals surface area (Å²) in [5, 5.41) is 0. The van der Waals surface area contributed by atoms with Gasteiger partial charge in [-0.15, -0.1) is 0 Å². The van der Waals surface area contributed by atoms with E-state index in [-0.39, 0.29) is 33.7 Å². The molecule has 6 aromatic rings. The van der Waals surface area contributed by atoms with Crippen molar-refractivity contribution in [2.45, 2.75) is 35.5 Å². The minimum atomic E-state index is -4.51. The molecule has 4 aromatic carbocycles. The lowest BCUT2D eigenvalue weighted by Gasteiger charge is -2.25. The van der Waals surface area contributed by atoms with Crippen molar-refractivity contribution in [2.75, 3.05) is 0 Å². The van der Waals surface area contributed by atoms with Crippen LogP contribution in [0.5, 0.6) is 0 Å². The molecule has 0 aliphatic rings. The van der Waals surface area contributed by atoms with E-state index in [0.717, 1.165) is 17.7 Å². The van der Waals surface area contributed by atoms with E-state index in [2.05, 4.69) is 4.98 Å². The molecule has 236 valence electrons. The first kappa shape index (κ1) is 31.8. The first-order chi connectivity index (χ1) is 22.5. The summed E-state index contributed by atoms with van der Waals surface area (Å²) in [6.07, 6.45) is 0.0720. The summed E-state index contributed by atoms with van der Waals surface area (Å²) in [4.78, 5) is 8.08. The van der Waals surface area contributed by atoms with Crippen molar-refractivity contribution in [1.82, 2.24) is 9.97 Å². The predicted octanol–water partition coefficient (Wildman–Crippen LogP) is 9.12. The summed E-state index contributed by atoms with van der Waals surface area (Å²) in [6, 6.07) is 30.7. The second-order valence-corrected chi connectivity index (χ2v) is 13.4. The SMILES string of the molecule is CC(C)(c1cccc(-c2ccc(F)c(Cc3ccccc3)c2F)n1)c1cccc(-c2ccc(F)c(S(=O)(=O)c3ccccc3)c2F)n1. The van der Waals surface area contributed by atoms with Gasteiger partial charge in [-0.3, -0.25) is 9.97 Å². The number of halogens is 4. The average Bonchev–Trinajstić information content (AvgIpc) is 3.07. The molecule has 47 heavy (non-hydrogen) atoms. The van der Waals surface area contributed by atoms with Gasteiger partial charge in [0.25, 0.3) is 0 Å². The van der Waals surface area contributed by atoms with E-state index in [1.807, 2.05) is 19.9 Å². The molecule has 0 bridgehead atoms. The lowest BCUT2D eigenvalue weighted by molar-refractivity contribution is 0.520. The zero-order valence-electron chi connectivity index (χ0n) is 25.4. The van der Waals surface area contributed by atoms with Crippen LogP contribution in [0, 0.1) is 23.3 Å². The number of pyridine rings is 2. The first-order valence-corrected chi connectivity index (χ1v) is 16.2. The minimum absolute atomic E-state index is 0.0653. The fourth-order valence-electron chi connectivity index (χ4n) is 5.45. The summed E-state index contributed by atoms with van der Waals surface area (Å²) in [5.74, 6) is -3.83. The lowest BCUT2D eigenvalue weighted by Crippen LogP contribution is -2.22. The number of hydrogen-bond donors (Lipinski definition) is 0. The molecule has 4 nitrogen and oxygen atoms in total. The summed E-state index contributed by atoms with van der Waals surface area (Å²) in [6.45, 7) is 3.67. The van der Waals surface area contributed by atoms with E-state index in [9.17, 15) is 17.2 Å². The van der Waals surface area contributed by atoms with Crippen molar-refractivity contribution < 1.29 is 26.0 Å². The molecule has 6 rings (SSSR count). The molecule has 0 N–H and O–H groups in total. The Kier molecular flexibility index (Phi) is 8.51. The number of nitrogens with zero attached hydrogens (tertiary/aromatic N) is 2. The van der Waals surface area contributed by atoms with Crippen LogP contribution in [0.15, 0.2) is 131 Å². The highest BCUT2D eigenvalue weighted by atomic mass is 32.2. The summed E-state index contributed by atoms with van der Waals surface area (Å²) < 4.78 is 87.8. The Bertz CT molecular complexity index is 2210. The molecule has 0 unspecified atom stereocenters. The molecular formula is C38H28F4N2O2S. The van der Waals surface area contributed by atoms with Crippen molar-refractivity contribution in [1.29, 1.82) is 0 Å². The second kappa shape index (κ2) is 12.6. The number of aromatic nitrogens is 2. The molecule has 2 aromatic heterocycles. The van der Waals surface area contributed by atoms with Crippen molar-refractivity contribution in [3.8, 4) is 22.5 Å². The van der Waals surface area contributed by atoms with Crippen molar-refractivity contribution in [3.05, 3.63) is 167 Å². The Balaban J connectivity index is 1.37. The molecule has 0 fully saturated rings. The van der Waals surface area contributed by atoms with Crippen LogP contribution in [0.4, 0.5) is 17.6 Å². The monoisotopic (exact) mass is 652 g/mol. The van der Waals surface area contributed by atoms with Crippen LogP contribution in [0.25, 0.3) is 22.5 Å². The van der Waals surface area contributed by atoms with E-state index in [0.29, 0.717) is 17.1 Å². The Morgan fingerprint density at radius 1 is 0.574 bits per heavy atom. The molecule has 0 saturated carbocycles. The van der Waals surface area contributed by atoms with Gasteiger partial charge in [0.1, 0.15) is 22.3 Å². The summed E-state index contributed by atoms with van der Waals surface area (Å²) >= 11 is 0. The van der Waals surface area contributed by atoms with Gasteiger partial charge < -0.3 is 0 Å². The molecule has 0 saturated heterocycles. The first-order valence-electron chi connectivity index (χ1n) is 14.7. The topological polar surface area (TPSA) is 59.9 Å². The molecule has 0 radical (unpaired) electrons. The minimum Gasteiger partial charge on any atom is -0.252 e. The van der Waals surface area contributed by atoms with Gasteiger partial charge in [-0.2, -0.15) is 0 Å². The highest BCUT2D eigenvalue weighted by molar-refractivity contribution is 7.91. The molecule has 2 heterocycles. The number of sulfone groups is 1. The van der Waals surface area contributed by atoms with E-state index in [1.165, 1.54) is 42.5 Å². The third kappa shape index (κ3) is 6.06. The lowest BCUT2D eigenvalue weighted by atomic mass is 9.84. The van der Waals surface area contributed by atoms with Crippen LogP contribution in [0.2, 0.25) is 0 Å². The normalized spacial score (nSPS) is 11.9. The highest BCUT2D eigenvalue weighted by Gasteiger charge is 2.31. The molecule has 0 spiro atoms. The Morgan fingerprint density at radius 3 is 1.66 bits per heavy atom. The van der Waals surface area contributed by atoms with E-state index in [1.54, 1.807) is 60.7 Å². The highest BCUT2D eigenvalue weighted by Crippen LogP contribution is 2.36.